The largest absolute Gasteiger partial charge is 0.457 e. The van der Waals surface area contributed by atoms with Crippen LogP contribution in [0.5, 0.6) is 11.5 Å². The summed E-state index contributed by atoms with van der Waals surface area (Å²) in [5.74, 6) is 1.60. The molecule has 0 radical (unpaired) electrons. The van der Waals surface area contributed by atoms with Gasteiger partial charge < -0.3 is 15.4 Å². The van der Waals surface area contributed by atoms with E-state index in [-0.39, 0.29) is 6.04 Å². The monoisotopic (exact) mass is 398 g/mol. The third-order valence-electron chi connectivity index (χ3n) is 4.71. The number of hydrogen-bond acceptors (Lipinski definition) is 2. The molecule has 0 fully saturated rings. The van der Waals surface area contributed by atoms with Gasteiger partial charge in [-0.2, -0.15) is 0 Å². The van der Waals surface area contributed by atoms with Crippen molar-refractivity contribution in [2.24, 2.45) is 0 Å². The zero-order chi connectivity index (χ0) is 20.1. The first-order valence-corrected chi connectivity index (χ1v) is 9.97. The van der Waals surface area contributed by atoms with E-state index in [1.165, 1.54) is 16.3 Å². The van der Waals surface area contributed by atoms with Crippen molar-refractivity contribution in [3.8, 4) is 11.5 Å². The van der Waals surface area contributed by atoms with Crippen LogP contribution in [0.3, 0.4) is 0 Å². The average molecular weight is 399 g/mol. The Morgan fingerprint density at radius 1 is 0.759 bits per heavy atom. The Bertz CT molecular complexity index is 1110. The first-order chi connectivity index (χ1) is 14.2. The van der Waals surface area contributed by atoms with Crippen molar-refractivity contribution >= 4 is 33.8 Å². The van der Waals surface area contributed by atoms with E-state index in [1.54, 1.807) is 0 Å². The van der Waals surface area contributed by atoms with Gasteiger partial charge in [0.25, 0.3) is 0 Å². The van der Waals surface area contributed by atoms with Crippen LogP contribution in [0.2, 0.25) is 0 Å². The zero-order valence-corrected chi connectivity index (χ0v) is 16.9. The lowest BCUT2D eigenvalue weighted by atomic mass is 10.0. The molecule has 2 N–H and O–H groups in total. The van der Waals surface area contributed by atoms with Crippen molar-refractivity contribution in [1.82, 2.24) is 5.32 Å². The van der Waals surface area contributed by atoms with Gasteiger partial charge in [0.1, 0.15) is 11.5 Å². The lowest BCUT2D eigenvalue weighted by molar-refractivity contribution is 0.483. The van der Waals surface area contributed by atoms with Gasteiger partial charge in [0.15, 0.2) is 5.11 Å². The van der Waals surface area contributed by atoms with E-state index in [9.17, 15) is 0 Å². The first-order valence-electron chi connectivity index (χ1n) is 9.56. The predicted octanol–water partition coefficient (Wildman–Crippen LogP) is 6.68. The fourth-order valence-corrected chi connectivity index (χ4v) is 3.45. The number of benzene rings is 4. The van der Waals surface area contributed by atoms with Crippen molar-refractivity contribution in [3.05, 3.63) is 103 Å². The Labute approximate surface area is 176 Å². The molecule has 0 saturated carbocycles. The molecule has 1 atom stereocenters. The molecule has 4 aromatic carbocycles. The second-order valence-electron chi connectivity index (χ2n) is 6.87. The highest BCUT2D eigenvalue weighted by molar-refractivity contribution is 7.80. The normalized spacial score (nSPS) is 11.6. The molecule has 0 spiro atoms. The molecule has 4 aromatic rings. The highest BCUT2D eigenvalue weighted by Gasteiger charge is 2.08. The lowest BCUT2D eigenvalue weighted by Crippen LogP contribution is -2.30. The van der Waals surface area contributed by atoms with E-state index in [2.05, 4.69) is 60.0 Å². The highest BCUT2D eigenvalue weighted by atomic mass is 32.1. The number of ether oxygens (including phenoxy) is 1. The van der Waals surface area contributed by atoms with Gasteiger partial charge in [-0.1, -0.05) is 54.6 Å². The van der Waals surface area contributed by atoms with E-state index in [0.717, 1.165) is 17.2 Å². The second-order valence-corrected chi connectivity index (χ2v) is 7.27. The Kier molecular flexibility index (Phi) is 5.73. The minimum absolute atomic E-state index is 0.0975. The number of fused-ring (bicyclic) bond motifs is 1. The summed E-state index contributed by atoms with van der Waals surface area (Å²) in [7, 11) is 0. The van der Waals surface area contributed by atoms with Crippen LogP contribution in [0.25, 0.3) is 10.8 Å². The van der Waals surface area contributed by atoms with Crippen LogP contribution >= 0.6 is 12.2 Å². The standard InChI is InChI=1S/C25H22N2OS/c1-18(20-12-11-19-7-5-6-8-21(19)17-20)26-25(29)27-22-13-15-24(16-14-22)28-23-9-3-2-4-10-23/h2-18H,1H3,(H2,26,27,29)/t18-/m1/s1. The summed E-state index contributed by atoms with van der Waals surface area (Å²) >= 11 is 5.49. The minimum atomic E-state index is 0.0975. The Morgan fingerprint density at radius 3 is 2.17 bits per heavy atom. The Balaban J connectivity index is 1.36. The molecular weight excluding hydrogens is 376 g/mol. The predicted molar refractivity (Wildman–Crippen MR) is 125 cm³/mol. The first kappa shape index (κ1) is 19.0. The van der Waals surface area contributed by atoms with Crippen LogP contribution in [-0.2, 0) is 0 Å². The van der Waals surface area contributed by atoms with Crippen LogP contribution in [0.4, 0.5) is 5.69 Å². The average Bonchev–Trinajstić information content (AvgIpc) is 2.75. The van der Waals surface area contributed by atoms with Crippen molar-refractivity contribution in [1.29, 1.82) is 0 Å². The number of rotatable bonds is 5. The van der Waals surface area contributed by atoms with Crippen molar-refractivity contribution in [3.63, 3.8) is 0 Å². The van der Waals surface area contributed by atoms with E-state index in [4.69, 9.17) is 17.0 Å². The number of para-hydroxylation sites is 1. The maximum absolute atomic E-state index is 5.82. The van der Waals surface area contributed by atoms with Crippen molar-refractivity contribution < 1.29 is 4.74 Å². The minimum Gasteiger partial charge on any atom is -0.457 e. The Hall–Kier alpha value is -3.37. The number of nitrogens with one attached hydrogen (secondary N) is 2. The van der Waals surface area contributed by atoms with Gasteiger partial charge in [-0.05, 0) is 77.9 Å². The molecule has 0 aliphatic carbocycles. The number of anilines is 1. The van der Waals surface area contributed by atoms with Crippen LogP contribution in [0.1, 0.15) is 18.5 Å². The van der Waals surface area contributed by atoms with Gasteiger partial charge in [-0.25, -0.2) is 0 Å². The fourth-order valence-electron chi connectivity index (χ4n) is 3.16. The maximum atomic E-state index is 5.82. The molecule has 0 amide bonds. The molecule has 144 valence electrons. The molecule has 0 aromatic heterocycles. The molecule has 29 heavy (non-hydrogen) atoms. The van der Waals surface area contributed by atoms with Gasteiger partial charge in [0, 0.05) is 5.69 Å². The number of hydrogen-bond donors (Lipinski definition) is 2. The summed E-state index contributed by atoms with van der Waals surface area (Å²) in [4.78, 5) is 0. The van der Waals surface area contributed by atoms with Crippen LogP contribution in [-0.4, -0.2) is 5.11 Å². The van der Waals surface area contributed by atoms with Gasteiger partial charge in [0.2, 0.25) is 0 Å². The zero-order valence-electron chi connectivity index (χ0n) is 16.1. The summed E-state index contributed by atoms with van der Waals surface area (Å²) in [6, 6.07) is 32.4. The quantitative estimate of drug-likeness (QED) is 0.367. The summed E-state index contributed by atoms with van der Waals surface area (Å²) in [5, 5.41) is 9.64. The van der Waals surface area contributed by atoms with Gasteiger partial charge in [-0.15, -0.1) is 0 Å². The summed E-state index contributed by atoms with van der Waals surface area (Å²) in [6.07, 6.45) is 0. The molecule has 4 heteroatoms. The van der Waals surface area contributed by atoms with Crippen LogP contribution in [0.15, 0.2) is 97.1 Å². The molecule has 0 aliphatic rings. The van der Waals surface area contributed by atoms with E-state index < -0.39 is 0 Å². The Morgan fingerprint density at radius 2 is 1.41 bits per heavy atom. The molecule has 4 rings (SSSR count). The highest BCUT2D eigenvalue weighted by Crippen LogP contribution is 2.23. The molecule has 0 heterocycles. The van der Waals surface area contributed by atoms with E-state index in [0.29, 0.717) is 5.11 Å². The van der Waals surface area contributed by atoms with Crippen molar-refractivity contribution in [2.75, 3.05) is 5.32 Å². The smallest absolute Gasteiger partial charge is 0.171 e. The second kappa shape index (κ2) is 8.76. The van der Waals surface area contributed by atoms with Gasteiger partial charge >= 0.3 is 0 Å². The van der Waals surface area contributed by atoms with E-state index >= 15 is 0 Å². The molecule has 0 unspecified atom stereocenters. The topological polar surface area (TPSA) is 33.3 Å². The van der Waals surface area contributed by atoms with Crippen molar-refractivity contribution in [2.45, 2.75) is 13.0 Å². The van der Waals surface area contributed by atoms with E-state index in [1.807, 2.05) is 54.6 Å². The lowest BCUT2D eigenvalue weighted by Gasteiger charge is -2.18. The van der Waals surface area contributed by atoms with Gasteiger partial charge in [0.05, 0.1) is 6.04 Å². The SMILES string of the molecule is C[C@@H](NC(=S)Nc1ccc(Oc2ccccc2)cc1)c1ccc2ccccc2c1. The third-order valence-corrected chi connectivity index (χ3v) is 4.93. The van der Waals surface area contributed by atoms with Crippen LogP contribution < -0.4 is 15.4 Å². The molecule has 0 saturated heterocycles. The summed E-state index contributed by atoms with van der Waals surface area (Å²) in [6.45, 7) is 2.11. The molecule has 3 nitrogen and oxygen atoms in total. The van der Waals surface area contributed by atoms with Crippen LogP contribution in [0, 0.1) is 0 Å². The maximum Gasteiger partial charge on any atom is 0.171 e. The molecular formula is C25H22N2OS. The summed E-state index contributed by atoms with van der Waals surface area (Å²) in [5.41, 5.74) is 2.10. The third kappa shape index (κ3) is 4.92. The summed E-state index contributed by atoms with van der Waals surface area (Å²) < 4.78 is 5.82. The number of thiocarbonyl (C=S) groups is 1. The molecule has 0 aliphatic heterocycles. The van der Waals surface area contributed by atoms with Gasteiger partial charge in [-0.3, -0.25) is 0 Å². The molecule has 0 bridgehead atoms. The fraction of sp³-hybridized carbons (Fsp3) is 0.0800.